The zero-order chi connectivity index (χ0) is 5.98. The van der Waals surface area contributed by atoms with Gasteiger partial charge < -0.3 is 16.8 Å². The molecule has 0 radical (unpaired) electrons. The van der Waals surface area contributed by atoms with Crippen LogP contribution in [0.4, 0.5) is 0 Å². The van der Waals surface area contributed by atoms with Crippen LogP contribution in [0.25, 0.3) is 0 Å². The second-order valence-electron chi connectivity index (χ2n) is 2.32. The summed E-state index contributed by atoms with van der Waals surface area (Å²) in [6.07, 6.45) is 0. The van der Waals surface area contributed by atoms with Gasteiger partial charge in [-0.25, -0.2) is 0 Å². The fourth-order valence-corrected chi connectivity index (χ4v) is 1.01. The van der Waals surface area contributed by atoms with Crippen LogP contribution in [0.1, 0.15) is 0 Å². The fourth-order valence-electron chi connectivity index (χ4n) is 1.01. The smallest absolute Gasteiger partial charge is 0.0218 e. The Kier molecular flexibility index (Phi) is 14.3. The molecule has 72 valence electrons. The summed E-state index contributed by atoms with van der Waals surface area (Å²) in [4.78, 5) is 0. The Balaban J connectivity index is -0.000000213. The number of halogens is 3. The molecule has 0 aromatic carbocycles. The quantitative estimate of drug-likeness (QED) is 0.576. The molecule has 0 aromatic heterocycles. The van der Waals surface area contributed by atoms with Crippen LogP contribution in [0.3, 0.4) is 0 Å². The van der Waals surface area contributed by atoms with Gasteiger partial charge in [0.15, 0.2) is 0 Å². The molecule has 2 atom stereocenters. The Morgan fingerprint density at radius 2 is 1.73 bits per heavy atom. The van der Waals surface area contributed by atoms with E-state index in [0.717, 1.165) is 13.1 Å². The third kappa shape index (κ3) is 5.06. The average Bonchev–Trinajstić information content (AvgIpc) is 2.14. The van der Waals surface area contributed by atoms with E-state index in [1.165, 1.54) is 0 Å². The number of nitrogens with one attached hydrogen (secondary N) is 1. The summed E-state index contributed by atoms with van der Waals surface area (Å²) >= 11 is 0. The zero-order valence-electron chi connectivity index (χ0n) is 6.16. The Bertz CT molecular complexity index is 83.4. The standard InChI is InChI=1S/C5H13N3.3ClH/c6-1-4-2-8-3-5(4)7;;;/h4-5,8H,1-3,6-7H2;3*1H/t4-,5+;;;/m0.../s1. The van der Waals surface area contributed by atoms with Crippen molar-refractivity contribution in [2.75, 3.05) is 19.6 Å². The average molecular weight is 225 g/mol. The molecular weight excluding hydrogens is 208 g/mol. The van der Waals surface area contributed by atoms with Crippen molar-refractivity contribution in [3.8, 4) is 0 Å². The molecule has 1 rings (SSSR count). The Labute approximate surface area is 85.9 Å². The van der Waals surface area contributed by atoms with Crippen molar-refractivity contribution >= 4 is 37.2 Å². The summed E-state index contributed by atoms with van der Waals surface area (Å²) in [5, 5.41) is 3.17. The van der Waals surface area contributed by atoms with Crippen LogP contribution >= 0.6 is 37.2 Å². The van der Waals surface area contributed by atoms with Crippen LogP contribution in [0.15, 0.2) is 0 Å². The van der Waals surface area contributed by atoms with Gasteiger partial charge in [-0.3, -0.25) is 0 Å². The van der Waals surface area contributed by atoms with Gasteiger partial charge in [-0.15, -0.1) is 37.2 Å². The highest BCUT2D eigenvalue weighted by Gasteiger charge is 2.20. The first-order valence-corrected chi connectivity index (χ1v) is 3.01. The van der Waals surface area contributed by atoms with Gasteiger partial charge in [0, 0.05) is 19.1 Å². The highest BCUT2D eigenvalue weighted by Crippen LogP contribution is 2.02. The van der Waals surface area contributed by atoms with Crippen LogP contribution in [-0.4, -0.2) is 25.7 Å². The molecule has 0 unspecified atom stereocenters. The summed E-state index contributed by atoms with van der Waals surface area (Å²) in [5.74, 6) is 0.509. The van der Waals surface area contributed by atoms with E-state index < -0.39 is 0 Å². The van der Waals surface area contributed by atoms with Crippen LogP contribution in [0.5, 0.6) is 0 Å². The first-order chi connectivity index (χ1) is 3.84. The maximum absolute atomic E-state index is 5.65. The molecule has 1 aliphatic heterocycles. The Hall–Kier alpha value is 0.750. The molecule has 1 saturated heterocycles. The Morgan fingerprint density at radius 3 is 1.91 bits per heavy atom. The van der Waals surface area contributed by atoms with Crippen molar-refractivity contribution < 1.29 is 0 Å². The van der Waals surface area contributed by atoms with Crippen molar-refractivity contribution in [1.29, 1.82) is 0 Å². The normalized spacial score (nSPS) is 27.8. The maximum Gasteiger partial charge on any atom is 0.0218 e. The number of hydrogen-bond donors (Lipinski definition) is 3. The molecule has 0 amide bonds. The highest BCUT2D eigenvalue weighted by molar-refractivity contribution is 5.86. The largest absolute Gasteiger partial charge is 0.330 e. The van der Waals surface area contributed by atoms with Gasteiger partial charge in [-0.1, -0.05) is 0 Å². The lowest BCUT2D eigenvalue weighted by atomic mass is 10.1. The third-order valence-corrected chi connectivity index (χ3v) is 1.69. The molecule has 0 spiro atoms. The summed E-state index contributed by atoms with van der Waals surface area (Å²) < 4.78 is 0. The summed E-state index contributed by atoms with van der Waals surface area (Å²) in [6.45, 7) is 2.65. The van der Waals surface area contributed by atoms with E-state index in [9.17, 15) is 0 Å². The number of rotatable bonds is 1. The molecule has 3 nitrogen and oxygen atoms in total. The zero-order valence-corrected chi connectivity index (χ0v) is 8.60. The van der Waals surface area contributed by atoms with Crippen LogP contribution < -0.4 is 16.8 Å². The topological polar surface area (TPSA) is 64.1 Å². The van der Waals surface area contributed by atoms with E-state index in [1.807, 2.05) is 0 Å². The fraction of sp³-hybridized carbons (Fsp3) is 1.00. The molecule has 11 heavy (non-hydrogen) atoms. The third-order valence-electron chi connectivity index (χ3n) is 1.69. The monoisotopic (exact) mass is 223 g/mol. The minimum Gasteiger partial charge on any atom is -0.330 e. The molecular formula is C5H16Cl3N3. The van der Waals surface area contributed by atoms with Gasteiger partial charge in [-0.05, 0) is 12.5 Å². The van der Waals surface area contributed by atoms with Gasteiger partial charge >= 0.3 is 0 Å². The molecule has 1 fully saturated rings. The van der Waals surface area contributed by atoms with Gasteiger partial charge in [0.1, 0.15) is 0 Å². The molecule has 5 N–H and O–H groups in total. The van der Waals surface area contributed by atoms with E-state index in [1.54, 1.807) is 0 Å². The van der Waals surface area contributed by atoms with Crippen molar-refractivity contribution in [3.63, 3.8) is 0 Å². The number of nitrogens with two attached hydrogens (primary N) is 2. The first-order valence-electron chi connectivity index (χ1n) is 3.01. The lowest BCUT2D eigenvalue weighted by molar-refractivity contribution is 0.526. The minimum absolute atomic E-state index is 0. The molecule has 1 aliphatic rings. The SMILES string of the molecule is Cl.Cl.Cl.NC[C@H]1CNC[C@H]1N. The van der Waals surface area contributed by atoms with Crippen molar-refractivity contribution in [1.82, 2.24) is 5.32 Å². The molecule has 0 bridgehead atoms. The lowest BCUT2D eigenvalue weighted by Gasteiger charge is -2.08. The van der Waals surface area contributed by atoms with Crippen molar-refractivity contribution in [3.05, 3.63) is 0 Å². The van der Waals surface area contributed by atoms with Gasteiger partial charge in [0.05, 0.1) is 0 Å². The van der Waals surface area contributed by atoms with E-state index in [4.69, 9.17) is 11.5 Å². The second-order valence-corrected chi connectivity index (χ2v) is 2.32. The van der Waals surface area contributed by atoms with Crippen LogP contribution in [0.2, 0.25) is 0 Å². The predicted octanol–water partition coefficient (Wildman–Crippen LogP) is -0.243. The first kappa shape index (κ1) is 17.7. The molecule has 6 heteroatoms. The molecule has 0 aromatic rings. The van der Waals surface area contributed by atoms with E-state index in [-0.39, 0.29) is 37.2 Å². The van der Waals surface area contributed by atoms with Crippen LogP contribution in [-0.2, 0) is 0 Å². The van der Waals surface area contributed by atoms with Gasteiger partial charge in [0.25, 0.3) is 0 Å². The maximum atomic E-state index is 5.65. The predicted molar refractivity (Wildman–Crippen MR) is 55.1 cm³/mol. The summed E-state index contributed by atoms with van der Waals surface area (Å²) in [7, 11) is 0. The van der Waals surface area contributed by atoms with Gasteiger partial charge in [-0.2, -0.15) is 0 Å². The van der Waals surface area contributed by atoms with Gasteiger partial charge in [0.2, 0.25) is 0 Å². The van der Waals surface area contributed by atoms with Crippen LogP contribution in [0, 0.1) is 5.92 Å². The molecule has 1 heterocycles. The van der Waals surface area contributed by atoms with Crippen molar-refractivity contribution in [2.24, 2.45) is 17.4 Å². The van der Waals surface area contributed by atoms with E-state index >= 15 is 0 Å². The van der Waals surface area contributed by atoms with Crippen molar-refractivity contribution in [2.45, 2.75) is 6.04 Å². The Morgan fingerprint density at radius 1 is 1.18 bits per heavy atom. The number of hydrogen-bond acceptors (Lipinski definition) is 3. The van der Waals surface area contributed by atoms with E-state index in [2.05, 4.69) is 5.32 Å². The molecule has 0 saturated carbocycles. The minimum atomic E-state index is 0. The summed E-state index contributed by atoms with van der Waals surface area (Å²) in [5.41, 5.74) is 11.1. The second kappa shape index (κ2) is 8.84. The summed E-state index contributed by atoms with van der Waals surface area (Å²) in [6, 6.07) is 0.292. The lowest BCUT2D eigenvalue weighted by Crippen LogP contribution is -2.33. The van der Waals surface area contributed by atoms with E-state index in [0.29, 0.717) is 18.5 Å². The molecule has 0 aliphatic carbocycles. The highest BCUT2D eigenvalue weighted by atomic mass is 35.5.